The molecule has 16 heavy (non-hydrogen) atoms. The largest absolute Gasteiger partial charge is 0.462 e. The highest BCUT2D eigenvalue weighted by molar-refractivity contribution is 5.71. The van der Waals surface area contributed by atoms with Crippen LogP contribution in [0.15, 0.2) is 0 Å². The van der Waals surface area contributed by atoms with Gasteiger partial charge in [-0.05, 0) is 32.1 Å². The average molecular weight is 227 g/mol. The minimum absolute atomic E-state index is 0.0397. The summed E-state index contributed by atoms with van der Waals surface area (Å²) in [7, 11) is 0. The number of hydrogen-bond acceptors (Lipinski definition) is 3. The number of esters is 1. The first kappa shape index (κ1) is 13.5. The number of nitrogens with one attached hydrogen (secondary N) is 1. The normalized spacial score (nSPS) is 19.0. The van der Waals surface area contributed by atoms with E-state index in [1.165, 1.54) is 25.7 Å². The van der Waals surface area contributed by atoms with E-state index in [1.54, 1.807) is 0 Å². The standard InChI is InChI=1S/C13H25NO2/c1-10(2)8-11(3)16-13(15)9-14-12-6-4-5-7-12/h10-12,14H,4-9H2,1-3H3. The van der Waals surface area contributed by atoms with Crippen LogP contribution in [0.5, 0.6) is 0 Å². The molecular formula is C13H25NO2. The minimum atomic E-state index is -0.111. The molecule has 3 nitrogen and oxygen atoms in total. The van der Waals surface area contributed by atoms with Crippen LogP contribution in [0.3, 0.4) is 0 Å². The molecule has 94 valence electrons. The maximum atomic E-state index is 11.5. The fourth-order valence-corrected chi connectivity index (χ4v) is 2.34. The van der Waals surface area contributed by atoms with E-state index >= 15 is 0 Å². The molecule has 0 spiro atoms. The third kappa shape index (κ3) is 5.50. The Balaban J connectivity index is 2.09. The maximum absolute atomic E-state index is 11.5. The lowest BCUT2D eigenvalue weighted by molar-refractivity contribution is -0.147. The van der Waals surface area contributed by atoms with E-state index in [-0.39, 0.29) is 12.1 Å². The van der Waals surface area contributed by atoms with Gasteiger partial charge in [0.2, 0.25) is 0 Å². The van der Waals surface area contributed by atoms with Crippen molar-refractivity contribution in [2.24, 2.45) is 5.92 Å². The topological polar surface area (TPSA) is 38.3 Å². The molecule has 1 rings (SSSR count). The van der Waals surface area contributed by atoms with Crippen molar-refractivity contribution in [3.8, 4) is 0 Å². The van der Waals surface area contributed by atoms with Crippen LogP contribution in [0.2, 0.25) is 0 Å². The molecule has 1 aliphatic rings. The highest BCUT2D eigenvalue weighted by Gasteiger charge is 2.16. The van der Waals surface area contributed by atoms with Crippen LogP contribution in [0, 0.1) is 5.92 Å². The van der Waals surface area contributed by atoms with Crippen LogP contribution >= 0.6 is 0 Å². The molecule has 1 atom stereocenters. The molecule has 0 radical (unpaired) electrons. The third-order valence-electron chi connectivity index (χ3n) is 3.03. The number of rotatable bonds is 6. The fraction of sp³-hybridized carbons (Fsp3) is 0.923. The molecule has 0 aromatic heterocycles. The molecule has 0 aromatic carbocycles. The van der Waals surface area contributed by atoms with Gasteiger partial charge in [0.1, 0.15) is 0 Å². The predicted octanol–water partition coefficient (Wildman–Crippen LogP) is 2.50. The lowest BCUT2D eigenvalue weighted by Crippen LogP contribution is -2.33. The van der Waals surface area contributed by atoms with Gasteiger partial charge < -0.3 is 10.1 Å². The summed E-state index contributed by atoms with van der Waals surface area (Å²) >= 11 is 0. The fourth-order valence-electron chi connectivity index (χ4n) is 2.34. The van der Waals surface area contributed by atoms with E-state index in [1.807, 2.05) is 6.92 Å². The summed E-state index contributed by atoms with van der Waals surface area (Å²) in [6, 6.07) is 0.535. The molecule has 0 aromatic rings. The molecular weight excluding hydrogens is 202 g/mol. The molecule has 1 unspecified atom stereocenters. The van der Waals surface area contributed by atoms with Gasteiger partial charge in [-0.2, -0.15) is 0 Å². The number of carbonyl (C=O) groups excluding carboxylic acids is 1. The van der Waals surface area contributed by atoms with Crippen molar-refractivity contribution < 1.29 is 9.53 Å². The lowest BCUT2D eigenvalue weighted by Gasteiger charge is -2.16. The Morgan fingerprint density at radius 1 is 1.31 bits per heavy atom. The highest BCUT2D eigenvalue weighted by atomic mass is 16.5. The van der Waals surface area contributed by atoms with Gasteiger partial charge in [0.15, 0.2) is 0 Å². The van der Waals surface area contributed by atoms with Crippen LogP contribution in [-0.4, -0.2) is 24.7 Å². The van der Waals surface area contributed by atoms with Crippen molar-refractivity contribution in [3.63, 3.8) is 0 Å². The van der Waals surface area contributed by atoms with Gasteiger partial charge in [-0.3, -0.25) is 4.79 Å². The van der Waals surface area contributed by atoms with Crippen LogP contribution < -0.4 is 5.32 Å². The molecule has 1 fully saturated rings. The van der Waals surface area contributed by atoms with E-state index in [4.69, 9.17) is 4.74 Å². The van der Waals surface area contributed by atoms with Crippen LogP contribution in [-0.2, 0) is 9.53 Å². The Bertz CT molecular complexity index is 210. The van der Waals surface area contributed by atoms with Crippen molar-refractivity contribution in [3.05, 3.63) is 0 Å². The van der Waals surface area contributed by atoms with Crippen LogP contribution in [0.4, 0.5) is 0 Å². The van der Waals surface area contributed by atoms with E-state index in [9.17, 15) is 4.79 Å². The number of carbonyl (C=O) groups is 1. The summed E-state index contributed by atoms with van der Waals surface area (Å²) in [5.41, 5.74) is 0. The Morgan fingerprint density at radius 3 is 2.50 bits per heavy atom. The van der Waals surface area contributed by atoms with E-state index in [2.05, 4.69) is 19.2 Å². The second-order valence-electron chi connectivity index (χ2n) is 5.29. The van der Waals surface area contributed by atoms with Gasteiger partial charge in [-0.1, -0.05) is 26.7 Å². The second-order valence-corrected chi connectivity index (χ2v) is 5.29. The molecule has 0 saturated heterocycles. The first-order valence-electron chi connectivity index (χ1n) is 6.50. The average Bonchev–Trinajstić information content (AvgIpc) is 2.65. The maximum Gasteiger partial charge on any atom is 0.320 e. The van der Waals surface area contributed by atoms with Crippen molar-refractivity contribution in [2.45, 2.75) is 65.0 Å². The third-order valence-corrected chi connectivity index (χ3v) is 3.03. The zero-order valence-corrected chi connectivity index (χ0v) is 10.8. The summed E-state index contributed by atoms with van der Waals surface area (Å²) in [6.07, 6.45) is 5.96. The Kier molecular flexibility index (Phi) is 5.81. The van der Waals surface area contributed by atoms with Crippen molar-refractivity contribution in [2.75, 3.05) is 6.54 Å². The van der Waals surface area contributed by atoms with Crippen LogP contribution in [0.25, 0.3) is 0 Å². The monoisotopic (exact) mass is 227 g/mol. The molecule has 1 aliphatic carbocycles. The van der Waals surface area contributed by atoms with Crippen molar-refractivity contribution in [1.82, 2.24) is 5.32 Å². The summed E-state index contributed by atoms with van der Waals surface area (Å²) in [6.45, 7) is 6.61. The van der Waals surface area contributed by atoms with Gasteiger partial charge >= 0.3 is 5.97 Å². The molecule has 1 saturated carbocycles. The Hall–Kier alpha value is -0.570. The first-order chi connectivity index (χ1) is 7.58. The van der Waals surface area contributed by atoms with Crippen molar-refractivity contribution >= 4 is 5.97 Å². The minimum Gasteiger partial charge on any atom is -0.462 e. The van der Waals surface area contributed by atoms with Crippen LogP contribution in [0.1, 0.15) is 52.9 Å². The van der Waals surface area contributed by atoms with Gasteiger partial charge in [0.05, 0.1) is 12.6 Å². The molecule has 0 bridgehead atoms. The van der Waals surface area contributed by atoms with Crippen molar-refractivity contribution in [1.29, 1.82) is 0 Å². The van der Waals surface area contributed by atoms with E-state index in [0.717, 1.165) is 6.42 Å². The summed E-state index contributed by atoms with van der Waals surface area (Å²) < 4.78 is 5.32. The summed E-state index contributed by atoms with van der Waals surface area (Å²) in [4.78, 5) is 11.5. The van der Waals surface area contributed by atoms with Gasteiger partial charge in [-0.25, -0.2) is 0 Å². The molecule has 1 N–H and O–H groups in total. The SMILES string of the molecule is CC(C)CC(C)OC(=O)CNC1CCCC1. The molecule has 3 heteroatoms. The summed E-state index contributed by atoms with van der Waals surface area (Å²) in [5, 5.41) is 3.27. The van der Waals surface area contributed by atoms with E-state index < -0.39 is 0 Å². The first-order valence-corrected chi connectivity index (χ1v) is 6.50. The van der Waals surface area contributed by atoms with E-state index in [0.29, 0.717) is 18.5 Å². The molecule has 0 aliphatic heterocycles. The van der Waals surface area contributed by atoms with Gasteiger partial charge in [-0.15, -0.1) is 0 Å². The smallest absolute Gasteiger partial charge is 0.320 e. The van der Waals surface area contributed by atoms with Gasteiger partial charge in [0.25, 0.3) is 0 Å². The second kappa shape index (κ2) is 6.89. The Labute approximate surface area is 98.9 Å². The summed E-state index contributed by atoms with van der Waals surface area (Å²) in [5.74, 6) is 0.464. The zero-order chi connectivity index (χ0) is 12.0. The number of ether oxygens (including phenoxy) is 1. The zero-order valence-electron chi connectivity index (χ0n) is 10.8. The van der Waals surface area contributed by atoms with Gasteiger partial charge in [0, 0.05) is 6.04 Å². The Morgan fingerprint density at radius 2 is 1.94 bits per heavy atom. The predicted molar refractivity (Wildman–Crippen MR) is 65.3 cm³/mol. The number of hydrogen-bond donors (Lipinski definition) is 1. The lowest BCUT2D eigenvalue weighted by atomic mass is 10.1. The molecule has 0 heterocycles. The quantitative estimate of drug-likeness (QED) is 0.708. The highest BCUT2D eigenvalue weighted by Crippen LogP contribution is 2.17. The molecule has 0 amide bonds.